The van der Waals surface area contributed by atoms with Crippen LogP contribution < -0.4 is 14.8 Å². The van der Waals surface area contributed by atoms with Gasteiger partial charge in [-0.15, -0.1) is 0 Å². The second-order valence-electron chi connectivity index (χ2n) is 7.31. The van der Waals surface area contributed by atoms with E-state index in [1.807, 2.05) is 68.4 Å². The van der Waals surface area contributed by atoms with E-state index in [0.717, 1.165) is 33.2 Å². The Kier molecular flexibility index (Phi) is 6.26. The Morgan fingerprint density at radius 2 is 1.78 bits per heavy atom. The smallest absolute Gasteiger partial charge is 0.248 e. The van der Waals surface area contributed by atoms with Crippen LogP contribution in [0.1, 0.15) is 19.4 Å². The number of anilines is 1. The van der Waals surface area contributed by atoms with Crippen LogP contribution in [0.3, 0.4) is 0 Å². The van der Waals surface area contributed by atoms with E-state index in [2.05, 4.69) is 5.32 Å². The minimum Gasteiger partial charge on any atom is -0.495 e. The van der Waals surface area contributed by atoms with Crippen molar-refractivity contribution >= 4 is 28.1 Å². The summed E-state index contributed by atoms with van der Waals surface area (Å²) in [5.41, 5.74) is 5.04. The number of allylic oxidation sites excluding steroid dienone is 1. The molecule has 4 aromatic rings. The highest BCUT2D eigenvalue weighted by Gasteiger charge is 2.15. The van der Waals surface area contributed by atoms with Gasteiger partial charge in [0.2, 0.25) is 5.91 Å². The molecule has 1 heterocycles. The quantitative estimate of drug-likeness (QED) is 0.340. The number of carbonyl (C=O) groups excluding carboxylic acids is 1. The van der Waals surface area contributed by atoms with Gasteiger partial charge < -0.3 is 19.2 Å². The number of hydrogen-bond acceptors (Lipinski definition) is 4. The van der Waals surface area contributed by atoms with Gasteiger partial charge in [0.15, 0.2) is 0 Å². The zero-order chi connectivity index (χ0) is 22.5. The van der Waals surface area contributed by atoms with Crippen molar-refractivity contribution in [2.75, 3.05) is 19.0 Å². The number of carbonyl (C=O) groups is 1. The first-order valence-electron chi connectivity index (χ1n) is 10.5. The zero-order valence-corrected chi connectivity index (χ0v) is 18.3. The van der Waals surface area contributed by atoms with Gasteiger partial charge in [0, 0.05) is 28.7 Å². The van der Waals surface area contributed by atoms with Crippen molar-refractivity contribution in [2.45, 2.75) is 13.8 Å². The lowest BCUT2D eigenvalue weighted by atomic mass is 9.99. The van der Waals surface area contributed by atoms with Crippen LogP contribution in [0.15, 0.2) is 83.5 Å². The number of fused-ring (bicyclic) bond motifs is 1. The van der Waals surface area contributed by atoms with Crippen LogP contribution in [0.2, 0.25) is 0 Å². The van der Waals surface area contributed by atoms with Crippen molar-refractivity contribution < 1.29 is 18.7 Å². The molecule has 3 aromatic carbocycles. The summed E-state index contributed by atoms with van der Waals surface area (Å²) in [7, 11) is 1.57. The number of hydrogen-bond donors (Lipinski definition) is 1. The highest BCUT2D eigenvalue weighted by molar-refractivity contribution is 6.06. The van der Waals surface area contributed by atoms with Gasteiger partial charge in [0.1, 0.15) is 17.1 Å². The summed E-state index contributed by atoms with van der Waals surface area (Å²) in [5.74, 6) is 1.03. The normalized spacial score (nSPS) is 11.4. The molecule has 5 nitrogen and oxygen atoms in total. The van der Waals surface area contributed by atoms with E-state index in [0.29, 0.717) is 23.8 Å². The van der Waals surface area contributed by atoms with Crippen molar-refractivity contribution in [3.8, 4) is 22.6 Å². The van der Waals surface area contributed by atoms with Crippen LogP contribution in [0.25, 0.3) is 27.7 Å². The standard InChI is InChI=1S/C27H25NO4/c1-4-31-25-16-26-21(22(17-32-26)19-10-6-5-7-11-19)15-20(25)18(2)14-27(29)28-23-12-8-9-13-24(23)30-3/h5-17H,4H2,1-3H3,(H,28,29)/b18-14+. The molecule has 0 aliphatic heterocycles. The minimum atomic E-state index is -0.245. The minimum absolute atomic E-state index is 0.245. The Labute approximate surface area is 187 Å². The van der Waals surface area contributed by atoms with Gasteiger partial charge in [0.25, 0.3) is 0 Å². The molecule has 0 bridgehead atoms. The predicted molar refractivity (Wildman–Crippen MR) is 128 cm³/mol. The summed E-state index contributed by atoms with van der Waals surface area (Å²) in [6.45, 7) is 4.33. The fraction of sp³-hybridized carbons (Fsp3) is 0.148. The SMILES string of the molecule is CCOc1cc2occ(-c3ccccc3)c2cc1/C(C)=C/C(=O)Nc1ccccc1OC. The van der Waals surface area contributed by atoms with Crippen LogP contribution in [-0.4, -0.2) is 19.6 Å². The highest BCUT2D eigenvalue weighted by atomic mass is 16.5. The second-order valence-corrected chi connectivity index (χ2v) is 7.31. The van der Waals surface area contributed by atoms with E-state index in [4.69, 9.17) is 13.9 Å². The number of amides is 1. The van der Waals surface area contributed by atoms with Gasteiger partial charge >= 0.3 is 0 Å². The molecule has 0 atom stereocenters. The molecular formula is C27H25NO4. The van der Waals surface area contributed by atoms with Crippen LogP contribution in [0.5, 0.6) is 11.5 Å². The monoisotopic (exact) mass is 427 g/mol. The number of ether oxygens (including phenoxy) is 2. The summed E-state index contributed by atoms with van der Waals surface area (Å²) < 4.78 is 17.0. The molecule has 0 aliphatic carbocycles. The maximum Gasteiger partial charge on any atom is 0.248 e. The summed E-state index contributed by atoms with van der Waals surface area (Å²) in [6, 6.07) is 21.3. The van der Waals surface area contributed by atoms with E-state index in [-0.39, 0.29) is 5.91 Å². The molecular weight excluding hydrogens is 402 g/mol. The van der Waals surface area contributed by atoms with Crippen LogP contribution in [0.4, 0.5) is 5.69 Å². The average Bonchev–Trinajstić information content (AvgIpc) is 3.22. The largest absolute Gasteiger partial charge is 0.495 e. The third kappa shape index (κ3) is 4.37. The van der Waals surface area contributed by atoms with Gasteiger partial charge in [-0.2, -0.15) is 0 Å². The average molecular weight is 428 g/mol. The lowest BCUT2D eigenvalue weighted by Gasteiger charge is -2.12. The molecule has 0 aliphatic rings. The van der Waals surface area contributed by atoms with Crippen molar-refractivity contribution in [3.05, 3.63) is 84.6 Å². The number of benzene rings is 3. The molecule has 0 unspecified atom stereocenters. The Morgan fingerprint density at radius 1 is 1.03 bits per heavy atom. The van der Waals surface area contributed by atoms with Crippen LogP contribution in [-0.2, 0) is 4.79 Å². The number of para-hydroxylation sites is 2. The van der Waals surface area contributed by atoms with E-state index in [9.17, 15) is 4.79 Å². The topological polar surface area (TPSA) is 60.7 Å². The highest BCUT2D eigenvalue weighted by Crippen LogP contribution is 2.37. The molecule has 1 N–H and O–H groups in total. The Balaban J connectivity index is 1.72. The number of methoxy groups -OCH3 is 1. The summed E-state index contributed by atoms with van der Waals surface area (Å²) in [4.78, 5) is 12.7. The zero-order valence-electron chi connectivity index (χ0n) is 18.3. The van der Waals surface area contributed by atoms with Gasteiger partial charge in [-0.05, 0) is 43.2 Å². The molecule has 0 spiro atoms. The maximum absolute atomic E-state index is 12.7. The second kappa shape index (κ2) is 9.43. The molecule has 32 heavy (non-hydrogen) atoms. The Morgan fingerprint density at radius 3 is 2.53 bits per heavy atom. The lowest BCUT2D eigenvalue weighted by molar-refractivity contribution is -0.111. The third-order valence-corrected chi connectivity index (χ3v) is 5.20. The molecule has 5 heteroatoms. The molecule has 0 saturated heterocycles. The van der Waals surface area contributed by atoms with Crippen molar-refractivity contribution in [2.24, 2.45) is 0 Å². The molecule has 0 fully saturated rings. The number of nitrogens with one attached hydrogen (secondary N) is 1. The van der Waals surface area contributed by atoms with Crippen LogP contribution >= 0.6 is 0 Å². The predicted octanol–water partition coefficient (Wildman–Crippen LogP) is 6.55. The van der Waals surface area contributed by atoms with Gasteiger partial charge in [-0.1, -0.05) is 42.5 Å². The molecule has 162 valence electrons. The first kappa shape index (κ1) is 21.2. The first-order valence-corrected chi connectivity index (χ1v) is 10.5. The van der Waals surface area contributed by atoms with Gasteiger partial charge in [0.05, 0.1) is 25.7 Å². The summed E-state index contributed by atoms with van der Waals surface area (Å²) in [5, 5.41) is 3.85. The van der Waals surface area contributed by atoms with Crippen LogP contribution in [0, 0.1) is 0 Å². The van der Waals surface area contributed by atoms with E-state index < -0.39 is 0 Å². The first-order chi connectivity index (χ1) is 15.6. The fourth-order valence-corrected chi connectivity index (χ4v) is 3.67. The van der Waals surface area contributed by atoms with Gasteiger partial charge in [-0.25, -0.2) is 0 Å². The van der Waals surface area contributed by atoms with Crippen molar-refractivity contribution in [3.63, 3.8) is 0 Å². The van der Waals surface area contributed by atoms with E-state index in [1.165, 1.54) is 0 Å². The summed E-state index contributed by atoms with van der Waals surface area (Å²) >= 11 is 0. The van der Waals surface area contributed by atoms with E-state index >= 15 is 0 Å². The fourth-order valence-electron chi connectivity index (χ4n) is 3.67. The van der Waals surface area contributed by atoms with Crippen molar-refractivity contribution in [1.82, 2.24) is 0 Å². The summed E-state index contributed by atoms with van der Waals surface area (Å²) in [6.07, 6.45) is 3.32. The number of rotatable bonds is 7. The molecule has 1 aromatic heterocycles. The third-order valence-electron chi connectivity index (χ3n) is 5.20. The molecule has 1 amide bonds. The molecule has 4 rings (SSSR count). The maximum atomic E-state index is 12.7. The van der Waals surface area contributed by atoms with Crippen molar-refractivity contribution in [1.29, 1.82) is 0 Å². The van der Waals surface area contributed by atoms with E-state index in [1.54, 1.807) is 31.6 Å². The van der Waals surface area contributed by atoms with Gasteiger partial charge in [-0.3, -0.25) is 4.79 Å². The lowest BCUT2D eigenvalue weighted by Crippen LogP contribution is -2.09. The Bertz CT molecular complexity index is 1270. The molecule has 0 saturated carbocycles. The molecule has 0 radical (unpaired) electrons. The Hall–Kier alpha value is -3.99. The number of furan rings is 1.